The minimum absolute atomic E-state index is 0.261. The molecule has 0 atom stereocenters. The highest BCUT2D eigenvalue weighted by Crippen LogP contribution is 2.36. The van der Waals surface area contributed by atoms with Crippen molar-refractivity contribution >= 4 is 23.1 Å². The van der Waals surface area contributed by atoms with Gasteiger partial charge in [-0.1, -0.05) is 6.07 Å². The van der Waals surface area contributed by atoms with Crippen LogP contribution in [0.5, 0.6) is 0 Å². The second kappa shape index (κ2) is 2.14. The van der Waals surface area contributed by atoms with Gasteiger partial charge in [0.15, 0.2) is 0 Å². The number of nitrogen functional groups attached to an aromatic ring is 1. The maximum Gasteiger partial charge on any atom is 0.348 e. The minimum atomic E-state index is -0.261. The topological polar surface area (TPSA) is 60.4 Å². The molecule has 1 aliphatic heterocycles. The monoisotopic (exact) mass is 162 g/mol. The predicted molar refractivity (Wildman–Crippen MR) is 46.4 cm³/mol. The van der Waals surface area contributed by atoms with E-state index in [1.165, 1.54) is 4.90 Å². The van der Waals surface area contributed by atoms with Gasteiger partial charge in [-0.05, 0) is 12.1 Å². The molecule has 4 nitrogen and oxygen atoms in total. The van der Waals surface area contributed by atoms with E-state index in [1.54, 1.807) is 25.2 Å². The Balaban J connectivity index is 2.62. The third kappa shape index (κ3) is 0.747. The number of anilines is 2. The number of rotatable bonds is 0. The van der Waals surface area contributed by atoms with Crippen LogP contribution in [0, 0.1) is 0 Å². The SMILES string of the molecule is CN1C(=O)[N]c2cccc(N)c21. The molecule has 61 valence electrons. The van der Waals surface area contributed by atoms with Crippen LogP contribution in [-0.4, -0.2) is 13.1 Å². The van der Waals surface area contributed by atoms with Crippen molar-refractivity contribution in [3.8, 4) is 0 Å². The largest absolute Gasteiger partial charge is 0.397 e. The van der Waals surface area contributed by atoms with Crippen LogP contribution in [-0.2, 0) is 0 Å². The second-order valence-electron chi connectivity index (χ2n) is 2.67. The van der Waals surface area contributed by atoms with E-state index >= 15 is 0 Å². The zero-order valence-electron chi connectivity index (χ0n) is 6.61. The van der Waals surface area contributed by atoms with Gasteiger partial charge in [-0.3, -0.25) is 4.90 Å². The fraction of sp³-hybridized carbons (Fsp3) is 0.125. The number of benzene rings is 1. The highest BCUT2D eigenvalue weighted by atomic mass is 16.2. The van der Waals surface area contributed by atoms with Gasteiger partial charge >= 0.3 is 6.03 Å². The number of carbonyl (C=O) groups is 1. The van der Waals surface area contributed by atoms with Crippen LogP contribution in [0.3, 0.4) is 0 Å². The molecule has 1 heterocycles. The Morgan fingerprint density at radius 3 is 2.92 bits per heavy atom. The number of nitrogens with two attached hydrogens (primary N) is 1. The maximum absolute atomic E-state index is 11.1. The molecule has 4 heteroatoms. The van der Waals surface area contributed by atoms with Gasteiger partial charge in [0.05, 0.1) is 17.1 Å². The van der Waals surface area contributed by atoms with Gasteiger partial charge in [-0.25, -0.2) is 4.79 Å². The smallest absolute Gasteiger partial charge is 0.348 e. The van der Waals surface area contributed by atoms with Gasteiger partial charge < -0.3 is 5.73 Å². The molecule has 1 aromatic rings. The summed E-state index contributed by atoms with van der Waals surface area (Å²) in [5.74, 6) is 0. The van der Waals surface area contributed by atoms with E-state index in [-0.39, 0.29) is 6.03 Å². The van der Waals surface area contributed by atoms with Crippen molar-refractivity contribution in [1.29, 1.82) is 0 Å². The first kappa shape index (κ1) is 6.97. The lowest BCUT2D eigenvalue weighted by Crippen LogP contribution is -2.23. The molecule has 12 heavy (non-hydrogen) atoms. The Morgan fingerprint density at radius 2 is 2.25 bits per heavy atom. The van der Waals surface area contributed by atoms with Gasteiger partial charge in [-0.2, -0.15) is 5.32 Å². The van der Waals surface area contributed by atoms with Crippen molar-refractivity contribution in [3.63, 3.8) is 0 Å². The predicted octanol–water partition coefficient (Wildman–Crippen LogP) is 1.07. The van der Waals surface area contributed by atoms with Gasteiger partial charge in [0.25, 0.3) is 0 Å². The first-order chi connectivity index (χ1) is 5.70. The Hall–Kier alpha value is -1.71. The molecule has 0 aromatic heterocycles. The van der Waals surface area contributed by atoms with E-state index in [4.69, 9.17) is 5.73 Å². The average Bonchev–Trinajstić information content (AvgIpc) is 2.29. The van der Waals surface area contributed by atoms with Gasteiger partial charge in [0, 0.05) is 7.05 Å². The summed E-state index contributed by atoms with van der Waals surface area (Å²) < 4.78 is 0. The Kier molecular flexibility index (Phi) is 1.24. The van der Waals surface area contributed by atoms with Crippen molar-refractivity contribution < 1.29 is 4.79 Å². The van der Waals surface area contributed by atoms with E-state index < -0.39 is 0 Å². The summed E-state index contributed by atoms with van der Waals surface area (Å²) in [4.78, 5) is 12.5. The molecular formula is C8H8N3O. The lowest BCUT2D eigenvalue weighted by atomic mass is 10.2. The minimum Gasteiger partial charge on any atom is -0.397 e. The van der Waals surface area contributed by atoms with Crippen LogP contribution in [0.2, 0.25) is 0 Å². The second-order valence-corrected chi connectivity index (χ2v) is 2.67. The molecule has 0 aliphatic carbocycles. The number of fused-ring (bicyclic) bond motifs is 1. The normalized spacial score (nSPS) is 14.4. The van der Waals surface area contributed by atoms with E-state index in [1.807, 2.05) is 0 Å². The van der Waals surface area contributed by atoms with E-state index in [2.05, 4.69) is 5.32 Å². The van der Waals surface area contributed by atoms with E-state index in [0.29, 0.717) is 17.1 Å². The average molecular weight is 162 g/mol. The number of hydrogen-bond acceptors (Lipinski definition) is 2. The Bertz CT molecular complexity index is 348. The Labute approximate surface area is 70.0 Å². The molecular weight excluding hydrogens is 154 g/mol. The van der Waals surface area contributed by atoms with Crippen molar-refractivity contribution in [2.75, 3.05) is 17.7 Å². The highest BCUT2D eigenvalue weighted by molar-refractivity contribution is 6.07. The van der Waals surface area contributed by atoms with Crippen molar-refractivity contribution in [2.24, 2.45) is 0 Å². The summed E-state index contributed by atoms with van der Waals surface area (Å²) in [5.41, 5.74) is 7.62. The standard InChI is InChI=1S/C8H8N3O/c1-11-7-5(9)3-2-4-6(7)10-8(11)12/h2-4H,9H2,1H3. The third-order valence-corrected chi connectivity index (χ3v) is 1.88. The van der Waals surface area contributed by atoms with Crippen molar-refractivity contribution in [2.45, 2.75) is 0 Å². The molecule has 0 saturated heterocycles. The first-order valence-corrected chi connectivity index (χ1v) is 3.58. The number of urea groups is 1. The number of para-hydroxylation sites is 1. The molecule has 0 unspecified atom stereocenters. The number of amides is 2. The van der Waals surface area contributed by atoms with E-state index in [9.17, 15) is 4.79 Å². The van der Waals surface area contributed by atoms with Crippen LogP contribution >= 0.6 is 0 Å². The van der Waals surface area contributed by atoms with Crippen LogP contribution in [0.1, 0.15) is 0 Å². The molecule has 1 aromatic carbocycles. The van der Waals surface area contributed by atoms with Crippen LogP contribution < -0.4 is 16.0 Å². The zero-order valence-corrected chi connectivity index (χ0v) is 6.61. The third-order valence-electron chi connectivity index (χ3n) is 1.88. The fourth-order valence-corrected chi connectivity index (χ4v) is 1.28. The summed E-state index contributed by atoms with van der Waals surface area (Å²) in [5, 5.41) is 3.80. The summed E-state index contributed by atoms with van der Waals surface area (Å²) in [7, 11) is 1.66. The molecule has 1 radical (unpaired) electrons. The first-order valence-electron chi connectivity index (χ1n) is 3.58. The molecule has 0 fully saturated rings. The summed E-state index contributed by atoms with van der Waals surface area (Å²) >= 11 is 0. The number of hydrogen-bond donors (Lipinski definition) is 1. The lowest BCUT2D eigenvalue weighted by Gasteiger charge is -2.08. The number of carbonyl (C=O) groups excluding carboxylic acids is 1. The zero-order chi connectivity index (χ0) is 8.72. The van der Waals surface area contributed by atoms with Crippen LogP contribution in [0.15, 0.2) is 18.2 Å². The molecule has 0 bridgehead atoms. The van der Waals surface area contributed by atoms with Gasteiger partial charge in [0.2, 0.25) is 0 Å². The van der Waals surface area contributed by atoms with Gasteiger partial charge in [0.1, 0.15) is 0 Å². The highest BCUT2D eigenvalue weighted by Gasteiger charge is 2.26. The van der Waals surface area contributed by atoms with E-state index in [0.717, 1.165) is 0 Å². The molecule has 1 aliphatic rings. The van der Waals surface area contributed by atoms with Crippen LogP contribution in [0.4, 0.5) is 21.9 Å². The summed E-state index contributed by atoms with van der Waals surface area (Å²) in [6.45, 7) is 0. The maximum atomic E-state index is 11.1. The van der Waals surface area contributed by atoms with Crippen molar-refractivity contribution in [1.82, 2.24) is 5.32 Å². The van der Waals surface area contributed by atoms with Crippen molar-refractivity contribution in [3.05, 3.63) is 18.2 Å². The summed E-state index contributed by atoms with van der Waals surface area (Å²) in [6, 6.07) is 5.04. The van der Waals surface area contributed by atoms with Crippen LogP contribution in [0.25, 0.3) is 0 Å². The molecule has 0 saturated carbocycles. The molecule has 2 rings (SSSR count). The molecule has 2 N–H and O–H groups in total. The molecule has 0 spiro atoms. The number of nitrogens with zero attached hydrogens (tertiary/aromatic N) is 2. The molecule has 2 amide bonds. The fourth-order valence-electron chi connectivity index (χ4n) is 1.28. The quantitative estimate of drug-likeness (QED) is 0.580. The lowest BCUT2D eigenvalue weighted by molar-refractivity contribution is 0.252. The summed E-state index contributed by atoms with van der Waals surface area (Å²) in [6.07, 6.45) is 0. The Morgan fingerprint density at radius 1 is 1.50 bits per heavy atom. The van der Waals surface area contributed by atoms with Gasteiger partial charge in [-0.15, -0.1) is 0 Å².